The molecule has 0 heteroatoms. The van der Waals surface area contributed by atoms with Gasteiger partial charge in [-0.2, -0.15) is 0 Å². The molecular weight excluding hydrogens is 228 g/mol. The Morgan fingerprint density at radius 2 is 1.32 bits per heavy atom. The first-order valence-corrected chi connectivity index (χ1v) is 8.17. The third kappa shape index (κ3) is 5.01. The van der Waals surface area contributed by atoms with Crippen molar-refractivity contribution in [3.8, 4) is 0 Å². The van der Waals surface area contributed by atoms with E-state index in [2.05, 4.69) is 46.8 Å². The van der Waals surface area contributed by atoms with Crippen LogP contribution in [0.15, 0.2) is 12.1 Å². The first-order valence-electron chi connectivity index (χ1n) is 8.17. The number of benzene rings is 1. The largest absolute Gasteiger partial charge is 0.0654 e. The molecule has 19 heavy (non-hydrogen) atoms. The quantitative estimate of drug-likeness (QED) is 0.470. The molecule has 1 atom stereocenters. The van der Waals surface area contributed by atoms with Crippen LogP contribution in [0.5, 0.6) is 0 Å². The van der Waals surface area contributed by atoms with Gasteiger partial charge in [0.15, 0.2) is 0 Å². The lowest BCUT2D eigenvalue weighted by molar-refractivity contribution is 0.511. The number of hydrogen-bond donors (Lipinski definition) is 0. The minimum Gasteiger partial charge on any atom is -0.0654 e. The van der Waals surface area contributed by atoms with Gasteiger partial charge in [0.1, 0.15) is 0 Å². The van der Waals surface area contributed by atoms with Crippen molar-refractivity contribution >= 4 is 0 Å². The molecule has 0 aromatic heterocycles. The van der Waals surface area contributed by atoms with Gasteiger partial charge in [-0.25, -0.2) is 0 Å². The van der Waals surface area contributed by atoms with Crippen molar-refractivity contribution in [2.45, 2.75) is 85.5 Å². The highest BCUT2D eigenvalue weighted by Gasteiger charge is 2.15. The van der Waals surface area contributed by atoms with Crippen LogP contribution < -0.4 is 0 Å². The van der Waals surface area contributed by atoms with Gasteiger partial charge in [-0.15, -0.1) is 0 Å². The molecule has 108 valence electrons. The zero-order valence-corrected chi connectivity index (χ0v) is 13.7. The van der Waals surface area contributed by atoms with Crippen molar-refractivity contribution in [2.24, 2.45) is 0 Å². The summed E-state index contributed by atoms with van der Waals surface area (Å²) in [5.41, 5.74) is 6.07. The van der Waals surface area contributed by atoms with E-state index in [1.807, 2.05) is 0 Å². The van der Waals surface area contributed by atoms with Crippen molar-refractivity contribution in [3.05, 3.63) is 34.4 Å². The Hall–Kier alpha value is -0.780. The van der Waals surface area contributed by atoms with Gasteiger partial charge < -0.3 is 0 Å². The van der Waals surface area contributed by atoms with E-state index in [1.165, 1.54) is 61.6 Å². The Bertz CT molecular complexity index is 353. The van der Waals surface area contributed by atoms with Crippen LogP contribution >= 0.6 is 0 Å². The Kier molecular flexibility index (Phi) is 7.20. The molecule has 0 N–H and O–H groups in total. The topological polar surface area (TPSA) is 0 Å². The van der Waals surface area contributed by atoms with Gasteiger partial charge in [-0.3, -0.25) is 0 Å². The predicted octanol–water partition coefficient (Wildman–Crippen LogP) is 6.47. The van der Waals surface area contributed by atoms with E-state index in [4.69, 9.17) is 0 Å². The molecular formula is C19H32. The fourth-order valence-electron chi connectivity index (χ4n) is 3.36. The molecule has 0 radical (unpaired) electrons. The van der Waals surface area contributed by atoms with Crippen molar-refractivity contribution in [1.29, 1.82) is 0 Å². The average Bonchev–Trinajstić information content (AvgIpc) is 2.34. The minimum atomic E-state index is 0.784. The Morgan fingerprint density at radius 1 is 0.789 bits per heavy atom. The fourth-order valence-corrected chi connectivity index (χ4v) is 3.36. The molecule has 0 heterocycles. The first-order chi connectivity index (χ1) is 9.10. The molecule has 0 aliphatic rings. The lowest BCUT2D eigenvalue weighted by Gasteiger charge is -2.22. The third-order valence-electron chi connectivity index (χ3n) is 4.21. The Labute approximate surface area is 120 Å². The van der Waals surface area contributed by atoms with Crippen LogP contribution in [-0.4, -0.2) is 0 Å². The van der Waals surface area contributed by atoms with E-state index in [0.29, 0.717) is 0 Å². The monoisotopic (exact) mass is 260 g/mol. The highest BCUT2D eigenvalue weighted by Crippen LogP contribution is 2.33. The molecule has 1 unspecified atom stereocenters. The van der Waals surface area contributed by atoms with Gasteiger partial charge in [0.25, 0.3) is 0 Å². The second kappa shape index (κ2) is 8.40. The summed E-state index contributed by atoms with van der Waals surface area (Å²) in [7, 11) is 0. The molecule has 0 aliphatic carbocycles. The van der Waals surface area contributed by atoms with Crippen LogP contribution in [0, 0.1) is 20.8 Å². The molecule has 0 fully saturated rings. The first kappa shape index (κ1) is 16.3. The smallest absolute Gasteiger partial charge is 0.0157 e. The summed E-state index contributed by atoms with van der Waals surface area (Å²) in [6, 6.07) is 4.72. The summed E-state index contributed by atoms with van der Waals surface area (Å²) in [5, 5.41) is 0. The maximum atomic E-state index is 2.36. The lowest BCUT2D eigenvalue weighted by Crippen LogP contribution is -2.05. The van der Waals surface area contributed by atoms with Crippen LogP contribution in [0.1, 0.15) is 87.0 Å². The van der Waals surface area contributed by atoms with Crippen LogP contribution in [0.4, 0.5) is 0 Å². The molecule has 0 nitrogen and oxygen atoms in total. The summed E-state index contributed by atoms with van der Waals surface area (Å²) < 4.78 is 0. The minimum absolute atomic E-state index is 0.784. The molecule has 0 spiro atoms. The van der Waals surface area contributed by atoms with Crippen molar-refractivity contribution in [1.82, 2.24) is 0 Å². The van der Waals surface area contributed by atoms with Gasteiger partial charge in [-0.1, -0.05) is 63.6 Å². The van der Waals surface area contributed by atoms with Crippen molar-refractivity contribution in [3.63, 3.8) is 0 Å². The number of unbranched alkanes of at least 4 members (excludes halogenated alkanes) is 3. The molecule has 1 aromatic rings. The molecule has 1 aromatic carbocycles. The number of aryl methyl sites for hydroxylation is 3. The summed E-state index contributed by atoms with van der Waals surface area (Å²) >= 11 is 0. The fraction of sp³-hybridized carbons (Fsp3) is 0.684. The average molecular weight is 260 g/mol. The van der Waals surface area contributed by atoms with Crippen LogP contribution in [0.25, 0.3) is 0 Å². The van der Waals surface area contributed by atoms with Gasteiger partial charge in [0.05, 0.1) is 0 Å². The zero-order valence-electron chi connectivity index (χ0n) is 13.7. The van der Waals surface area contributed by atoms with Gasteiger partial charge in [0.2, 0.25) is 0 Å². The Balaban J connectivity index is 2.89. The van der Waals surface area contributed by atoms with E-state index in [9.17, 15) is 0 Å². The van der Waals surface area contributed by atoms with E-state index in [0.717, 1.165) is 5.92 Å². The van der Waals surface area contributed by atoms with Crippen LogP contribution in [0.3, 0.4) is 0 Å². The lowest BCUT2D eigenvalue weighted by atomic mass is 9.83. The van der Waals surface area contributed by atoms with Gasteiger partial charge in [0, 0.05) is 0 Å². The number of hydrogen-bond acceptors (Lipinski definition) is 0. The predicted molar refractivity (Wildman–Crippen MR) is 87.1 cm³/mol. The molecule has 1 rings (SSSR count). The zero-order chi connectivity index (χ0) is 14.3. The van der Waals surface area contributed by atoms with E-state index in [1.54, 1.807) is 5.56 Å². The SMILES string of the molecule is CCCCCC(CCCC)c1c(C)cc(C)cc1C. The summed E-state index contributed by atoms with van der Waals surface area (Å²) in [5.74, 6) is 0.784. The Morgan fingerprint density at radius 3 is 1.84 bits per heavy atom. The maximum absolute atomic E-state index is 2.36. The van der Waals surface area contributed by atoms with E-state index < -0.39 is 0 Å². The maximum Gasteiger partial charge on any atom is -0.0157 e. The van der Waals surface area contributed by atoms with Crippen LogP contribution in [-0.2, 0) is 0 Å². The third-order valence-corrected chi connectivity index (χ3v) is 4.21. The summed E-state index contributed by atoms with van der Waals surface area (Å²) in [6.45, 7) is 11.4. The van der Waals surface area contributed by atoms with E-state index >= 15 is 0 Å². The van der Waals surface area contributed by atoms with Gasteiger partial charge >= 0.3 is 0 Å². The molecule has 0 bridgehead atoms. The van der Waals surface area contributed by atoms with Crippen molar-refractivity contribution < 1.29 is 0 Å². The standard InChI is InChI=1S/C19H32/c1-6-8-10-12-18(11-9-7-2)19-16(4)13-15(3)14-17(19)5/h13-14,18H,6-12H2,1-5H3. The molecule has 0 amide bonds. The summed E-state index contributed by atoms with van der Waals surface area (Å²) in [6.07, 6.45) is 9.51. The highest BCUT2D eigenvalue weighted by atomic mass is 14.2. The normalized spacial score (nSPS) is 12.7. The number of rotatable bonds is 8. The highest BCUT2D eigenvalue weighted by molar-refractivity contribution is 5.39. The second-order valence-electron chi connectivity index (χ2n) is 6.15. The molecule has 0 aliphatic heterocycles. The summed E-state index contributed by atoms with van der Waals surface area (Å²) in [4.78, 5) is 0. The van der Waals surface area contributed by atoms with Gasteiger partial charge in [-0.05, 0) is 56.2 Å². The molecule has 0 saturated carbocycles. The van der Waals surface area contributed by atoms with Crippen LogP contribution in [0.2, 0.25) is 0 Å². The van der Waals surface area contributed by atoms with E-state index in [-0.39, 0.29) is 0 Å². The second-order valence-corrected chi connectivity index (χ2v) is 6.15. The molecule has 0 saturated heterocycles. The van der Waals surface area contributed by atoms with Crippen molar-refractivity contribution in [2.75, 3.05) is 0 Å².